The van der Waals surface area contributed by atoms with Crippen LogP contribution in [0, 0.1) is 20.8 Å². The molecule has 2 aromatic carbocycles. The van der Waals surface area contributed by atoms with Crippen LogP contribution in [0.15, 0.2) is 42.5 Å². The predicted molar refractivity (Wildman–Crippen MR) is 111 cm³/mol. The van der Waals surface area contributed by atoms with Gasteiger partial charge in [0.15, 0.2) is 0 Å². The summed E-state index contributed by atoms with van der Waals surface area (Å²) < 4.78 is 0. The predicted octanol–water partition coefficient (Wildman–Crippen LogP) is 5.80. The summed E-state index contributed by atoms with van der Waals surface area (Å²) >= 11 is 0. The van der Waals surface area contributed by atoms with Gasteiger partial charge < -0.3 is 5.32 Å². The molecule has 0 aromatic heterocycles. The van der Waals surface area contributed by atoms with E-state index in [4.69, 9.17) is 0 Å². The number of nitrogens with one attached hydrogen (secondary N) is 1. The highest BCUT2D eigenvalue weighted by atomic mass is 16.1. The first-order valence-electron chi connectivity index (χ1n) is 9.25. The van der Waals surface area contributed by atoms with Gasteiger partial charge in [-0.1, -0.05) is 57.2 Å². The fourth-order valence-electron chi connectivity index (χ4n) is 3.05. The Hall–Kier alpha value is -2.35. The molecule has 2 aromatic rings. The number of hydrogen-bond acceptors (Lipinski definition) is 1. The molecule has 1 amide bonds. The molecule has 0 unspecified atom stereocenters. The van der Waals surface area contributed by atoms with E-state index in [1.54, 1.807) is 6.08 Å². The molecule has 0 bridgehead atoms. The molecule has 0 aliphatic heterocycles. The first-order valence-corrected chi connectivity index (χ1v) is 9.25. The van der Waals surface area contributed by atoms with Gasteiger partial charge in [0.05, 0.1) is 6.04 Å². The van der Waals surface area contributed by atoms with E-state index in [-0.39, 0.29) is 17.4 Å². The first kappa shape index (κ1) is 20.0. The molecule has 1 N–H and O–H groups in total. The molecule has 0 aliphatic rings. The van der Waals surface area contributed by atoms with Gasteiger partial charge in [0.1, 0.15) is 0 Å². The highest BCUT2D eigenvalue weighted by molar-refractivity contribution is 5.92. The third kappa shape index (κ3) is 5.08. The number of aryl methyl sites for hydroxylation is 3. The number of hydrogen-bond donors (Lipinski definition) is 1. The topological polar surface area (TPSA) is 29.1 Å². The van der Waals surface area contributed by atoms with E-state index < -0.39 is 0 Å². The smallest absolute Gasteiger partial charge is 0.244 e. The van der Waals surface area contributed by atoms with Gasteiger partial charge in [0.2, 0.25) is 5.91 Å². The molecule has 0 radical (unpaired) electrons. The van der Waals surface area contributed by atoms with Crippen molar-refractivity contribution in [3.05, 3.63) is 75.9 Å². The van der Waals surface area contributed by atoms with Crippen LogP contribution >= 0.6 is 0 Å². The standard InChI is InChI=1S/C24H31NO/c1-16-14-18(3)22(15-17(16)2)19(4)25-23(26)13-10-20-8-11-21(12-9-20)24(5,6)7/h8-15,19H,1-7H3,(H,25,26)/b13-10+/t19-/m1/s1. The monoisotopic (exact) mass is 349 g/mol. The zero-order chi connectivity index (χ0) is 19.5. The van der Waals surface area contributed by atoms with E-state index in [0.29, 0.717) is 0 Å². The van der Waals surface area contributed by atoms with E-state index >= 15 is 0 Å². The van der Waals surface area contributed by atoms with Crippen molar-refractivity contribution in [3.63, 3.8) is 0 Å². The van der Waals surface area contributed by atoms with Crippen molar-refractivity contribution >= 4 is 12.0 Å². The highest BCUT2D eigenvalue weighted by Gasteiger charge is 2.13. The number of amides is 1. The maximum absolute atomic E-state index is 12.3. The Morgan fingerprint density at radius 1 is 0.962 bits per heavy atom. The van der Waals surface area contributed by atoms with Gasteiger partial charge in [0.25, 0.3) is 0 Å². The van der Waals surface area contributed by atoms with Crippen LogP contribution in [0.5, 0.6) is 0 Å². The second kappa shape index (κ2) is 7.90. The van der Waals surface area contributed by atoms with E-state index in [9.17, 15) is 4.79 Å². The maximum atomic E-state index is 12.3. The van der Waals surface area contributed by atoms with Crippen LogP contribution in [0.1, 0.15) is 67.1 Å². The van der Waals surface area contributed by atoms with Crippen molar-refractivity contribution < 1.29 is 4.79 Å². The molecule has 26 heavy (non-hydrogen) atoms. The summed E-state index contributed by atoms with van der Waals surface area (Å²) in [7, 11) is 0. The number of rotatable bonds is 4. The molecule has 138 valence electrons. The lowest BCUT2D eigenvalue weighted by molar-refractivity contribution is -0.117. The summed E-state index contributed by atoms with van der Waals surface area (Å²) in [4.78, 5) is 12.3. The van der Waals surface area contributed by atoms with Gasteiger partial charge in [-0.05, 0) is 72.6 Å². The van der Waals surface area contributed by atoms with Gasteiger partial charge in [-0.15, -0.1) is 0 Å². The molecule has 0 aliphatic carbocycles. The molecule has 1 atom stereocenters. The van der Waals surface area contributed by atoms with E-state index in [2.05, 4.69) is 83.3 Å². The molecule has 0 fully saturated rings. The average Bonchev–Trinajstić information content (AvgIpc) is 2.55. The van der Waals surface area contributed by atoms with E-state index in [1.165, 1.54) is 27.8 Å². The summed E-state index contributed by atoms with van der Waals surface area (Å²) in [6, 6.07) is 12.7. The Labute approximate surface area is 158 Å². The Balaban J connectivity index is 2.04. The van der Waals surface area contributed by atoms with Crippen LogP contribution in [-0.2, 0) is 10.2 Å². The minimum absolute atomic E-state index is 0.0188. The third-order valence-electron chi connectivity index (χ3n) is 4.91. The summed E-state index contributed by atoms with van der Waals surface area (Å²) in [5.41, 5.74) is 7.37. The minimum Gasteiger partial charge on any atom is -0.346 e. The largest absolute Gasteiger partial charge is 0.346 e. The van der Waals surface area contributed by atoms with Crippen molar-refractivity contribution in [3.8, 4) is 0 Å². The van der Waals surface area contributed by atoms with Gasteiger partial charge in [-0.25, -0.2) is 0 Å². The number of carbonyl (C=O) groups excluding carboxylic acids is 1. The van der Waals surface area contributed by atoms with Crippen molar-refractivity contribution in [2.75, 3.05) is 0 Å². The summed E-state index contributed by atoms with van der Waals surface area (Å²) in [6.45, 7) is 14.9. The van der Waals surface area contributed by atoms with Gasteiger partial charge in [-0.3, -0.25) is 4.79 Å². The van der Waals surface area contributed by atoms with Crippen LogP contribution < -0.4 is 5.32 Å². The second-order valence-electron chi connectivity index (χ2n) is 8.23. The lowest BCUT2D eigenvalue weighted by atomic mass is 9.87. The van der Waals surface area contributed by atoms with Crippen LogP contribution in [0.3, 0.4) is 0 Å². The number of carbonyl (C=O) groups is 1. The van der Waals surface area contributed by atoms with E-state index in [1.807, 2.05) is 13.0 Å². The number of benzene rings is 2. The Bertz CT molecular complexity index is 807. The highest BCUT2D eigenvalue weighted by Crippen LogP contribution is 2.23. The maximum Gasteiger partial charge on any atom is 0.244 e. The summed E-state index contributed by atoms with van der Waals surface area (Å²) in [5.74, 6) is -0.0741. The lowest BCUT2D eigenvalue weighted by Gasteiger charge is -2.19. The third-order valence-corrected chi connectivity index (χ3v) is 4.91. The van der Waals surface area contributed by atoms with Crippen molar-refractivity contribution in [1.82, 2.24) is 5.32 Å². The zero-order valence-electron chi connectivity index (χ0n) is 17.1. The second-order valence-corrected chi connectivity index (χ2v) is 8.23. The summed E-state index contributed by atoms with van der Waals surface area (Å²) in [6.07, 6.45) is 3.47. The lowest BCUT2D eigenvalue weighted by Crippen LogP contribution is -2.25. The van der Waals surface area contributed by atoms with Crippen molar-refractivity contribution in [2.45, 2.75) is 59.9 Å². The SMILES string of the molecule is Cc1cc(C)c([C@@H](C)NC(=O)/C=C/c2ccc(C(C)(C)C)cc2)cc1C. The van der Waals surface area contributed by atoms with Crippen LogP contribution in [-0.4, -0.2) is 5.91 Å². The Morgan fingerprint density at radius 2 is 1.54 bits per heavy atom. The average molecular weight is 350 g/mol. The molecule has 2 nitrogen and oxygen atoms in total. The Morgan fingerprint density at radius 3 is 2.12 bits per heavy atom. The van der Waals surface area contributed by atoms with Gasteiger partial charge in [0, 0.05) is 6.08 Å². The van der Waals surface area contributed by atoms with Crippen molar-refractivity contribution in [1.29, 1.82) is 0 Å². The molecule has 2 heteroatoms. The van der Waals surface area contributed by atoms with E-state index in [0.717, 1.165) is 5.56 Å². The van der Waals surface area contributed by atoms with Crippen LogP contribution in [0.25, 0.3) is 6.08 Å². The van der Waals surface area contributed by atoms with Crippen LogP contribution in [0.4, 0.5) is 0 Å². The van der Waals surface area contributed by atoms with Crippen LogP contribution in [0.2, 0.25) is 0 Å². The normalized spacial score (nSPS) is 13.0. The quantitative estimate of drug-likeness (QED) is 0.694. The minimum atomic E-state index is -0.0741. The molecule has 0 saturated heterocycles. The molecule has 0 heterocycles. The Kier molecular flexibility index (Phi) is 6.07. The fourth-order valence-corrected chi connectivity index (χ4v) is 3.05. The first-order chi connectivity index (χ1) is 12.1. The fraction of sp³-hybridized carbons (Fsp3) is 0.375. The van der Waals surface area contributed by atoms with Gasteiger partial charge in [-0.2, -0.15) is 0 Å². The zero-order valence-corrected chi connectivity index (χ0v) is 17.1. The molecular formula is C24H31NO. The molecular weight excluding hydrogens is 318 g/mol. The molecule has 0 saturated carbocycles. The summed E-state index contributed by atoms with van der Waals surface area (Å²) in [5, 5.41) is 3.06. The molecule has 0 spiro atoms. The molecule has 2 rings (SSSR count). The van der Waals surface area contributed by atoms with Gasteiger partial charge >= 0.3 is 0 Å². The van der Waals surface area contributed by atoms with Crippen molar-refractivity contribution in [2.24, 2.45) is 0 Å².